The molecule has 0 saturated heterocycles. The Hall–Kier alpha value is -2.59. The van der Waals surface area contributed by atoms with Gasteiger partial charge in [0.15, 0.2) is 0 Å². The van der Waals surface area contributed by atoms with Crippen molar-refractivity contribution in [2.75, 3.05) is 7.05 Å². The molecule has 0 spiro atoms. The normalized spacial score (nSPS) is 13.6. The summed E-state index contributed by atoms with van der Waals surface area (Å²) < 4.78 is 1.77. The van der Waals surface area contributed by atoms with Gasteiger partial charge in [0.2, 0.25) is 0 Å². The second-order valence-electron chi connectivity index (χ2n) is 6.77. The molecule has 3 aromatic rings. The molecule has 1 amide bonds. The van der Waals surface area contributed by atoms with Gasteiger partial charge in [-0.25, -0.2) is 4.68 Å². The maximum Gasteiger partial charge on any atom is 0.272 e. The van der Waals surface area contributed by atoms with Crippen LogP contribution >= 0.6 is 11.6 Å². The minimum absolute atomic E-state index is 0.0479. The number of aromatic nitrogens is 2. The largest absolute Gasteiger partial charge is 0.336 e. The molecule has 1 aromatic heterocycles. The average Bonchev–Trinajstić information content (AvgIpc) is 3.40. The highest BCUT2D eigenvalue weighted by Gasteiger charge is 2.29. The van der Waals surface area contributed by atoms with Gasteiger partial charge in [0.1, 0.15) is 5.69 Å². The molecule has 132 valence electrons. The average molecular weight is 366 g/mol. The van der Waals surface area contributed by atoms with Crippen LogP contribution in [-0.2, 0) is 6.54 Å². The zero-order valence-corrected chi connectivity index (χ0v) is 15.4. The standard InChI is InChI=1S/C21H20ClN3O/c1-24(14-15-6-5-7-17(22)12-15)21(26)20-13-19(16-10-11-16)23-25(20)18-8-3-2-4-9-18/h2-9,12-13,16H,10-11,14H2,1H3. The first-order valence-corrected chi connectivity index (χ1v) is 9.15. The van der Waals surface area contributed by atoms with Crippen LogP contribution in [0, 0.1) is 0 Å². The predicted molar refractivity (Wildman–Crippen MR) is 103 cm³/mol. The zero-order chi connectivity index (χ0) is 18.1. The van der Waals surface area contributed by atoms with Crippen molar-refractivity contribution in [1.29, 1.82) is 0 Å². The monoisotopic (exact) mass is 365 g/mol. The van der Waals surface area contributed by atoms with Gasteiger partial charge < -0.3 is 4.90 Å². The smallest absolute Gasteiger partial charge is 0.272 e. The van der Waals surface area contributed by atoms with Gasteiger partial charge in [0, 0.05) is 24.5 Å². The highest BCUT2D eigenvalue weighted by molar-refractivity contribution is 6.30. The Morgan fingerprint density at radius 1 is 1.15 bits per heavy atom. The summed E-state index contributed by atoms with van der Waals surface area (Å²) in [6.45, 7) is 0.498. The van der Waals surface area contributed by atoms with Gasteiger partial charge >= 0.3 is 0 Å². The van der Waals surface area contributed by atoms with Crippen LogP contribution in [0.3, 0.4) is 0 Å². The second kappa shape index (κ2) is 6.96. The van der Waals surface area contributed by atoms with E-state index >= 15 is 0 Å². The van der Waals surface area contributed by atoms with Gasteiger partial charge in [-0.1, -0.05) is 41.9 Å². The second-order valence-corrected chi connectivity index (χ2v) is 7.20. The molecular formula is C21H20ClN3O. The number of amides is 1. The third-order valence-electron chi connectivity index (χ3n) is 4.60. The molecule has 1 fully saturated rings. The van der Waals surface area contributed by atoms with Gasteiger partial charge in [0.25, 0.3) is 5.91 Å². The van der Waals surface area contributed by atoms with E-state index < -0.39 is 0 Å². The molecule has 2 aromatic carbocycles. The third-order valence-corrected chi connectivity index (χ3v) is 4.83. The van der Waals surface area contributed by atoms with Crippen molar-refractivity contribution in [1.82, 2.24) is 14.7 Å². The first-order chi connectivity index (χ1) is 12.6. The summed E-state index contributed by atoms with van der Waals surface area (Å²) >= 11 is 6.06. The van der Waals surface area contributed by atoms with Crippen molar-refractivity contribution in [2.24, 2.45) is 0 Å². The highest BCUT2D eigenvalue weighted by atomic mass is 35.5. The fourth-order valence-electron chi connectivity index (χ4n) is 3.07. The molecule has 0 bridgehead atoms. The van der Waals surface area contributed by atoms with Crippen LogP contribution in [0.5, 0.6) is 0 Å². The van der Waals surface area contributed by atoms with Crippen LogP contribution in [0.1, 0.15) is 40.5 Å². The summed E-state index contributed by atoms with van der Waals surface area (Å²) in [6, 6.07) is 19.3. The van der Waals surface area contributed by atoms with E-state index in [0.717, 1.165) is 29.8 Å². The number of hydrogen-bond acceptors (Lipinski definition) is 2. The quantitative estimate of drug-likeness (QED) is 0.658. The van der Waals surface area contributed by atoms with E-state index in [1.807, 2.05) is 67.7 Å². The van der Waals surface area contributed by atoms with E-state index in [4.69, 9.17) is 16.7 Å². The van der Waals surface area contributed by atoms with Crippen molar-refractivity contribution in [3.8, 4) is 5.69 Å². The lowest BCUT2D eigenvalue weighted by molar-refractivity contribution is 0.0776. The van der Waals surface area contributed by atoms with Crippen LogP contribution < -0.4 is 0 Å². The Bertz CT molecular complexity index is 931. The minimum atomic E-state index is -0.0479. The molecule has 1 aliphatic rings. The van der Waals surface area contributed by atoms with E-state index in [2.05, 4.69) is 0 Å². The number of carbonyl (C=O) groups excluding carboxylic acids is 1. The molecular weight excluding hydrogens is 346 g/mol. The number of para-hydroxylation sites is 1. The van der Waals surface area contributed by atoms with E-state index in [-0.39, 0.29) is 5.91 Å². The van der Waals surface area contributed by atoms with Crippen LogP contribution in [-0.4, -0.2) is 27.6 Å². The van der Waals surface area contributed by atoms with E-state index in [0.29, 0.717) is 23.2 Å². The molecule has 0 N–H and O–H groups in total. The summed E-state index contributed by atoms with van der Waals surface area (Å²) in [5.74, 6) is 0.443. The highest BCUT2D eigenvalue weighted by Crippen LogP contribution is 2.39. The number of benzene rings is 2. The molecule has 1 saturated carbocycles. The van der Waals surface area contributed by atoms with Gasteiger partial charge in [0.05, 0.1) is 11.4 Å². The number of halogens is 1. The molecule has 4 nitrogen and oxygen atoms in total. The molecule has 5 heteroatoms. The van der Waals surface area contributed by atoms with E-state index in [9.17, 15) is 4.79 Å². The molecule has 1 aliphatic carbocycles. The van der Waals surface area contributed by atoms with Gasteiger partial charge in [-0.3, -0.25) is 4.79 Å². The lowest BCUT2D eigenvalue weighted by Gasteiger charge is -2.18. The lowest BCUT2D eigenvalue weighted by atomic mass is 10.2. The molecule has 0 radical (unpaired) electrons. The zero-order valence-electron chi connectivity index (χ0n) is 14.6. The Kier molecular flexibility index (Phi) is 4.51. The number of rotatable bonds is 5. The molecule has 1 heterocycles. The number of hydrogen-bond donors (Lipinski definition) is 0. The van der Waals surface area contributed by atoms with Crippen molar-refractivity contribution < 1.29 is 4.79 Å². The first-order valence-electron chi connectivity index (χ1n) is 8.77. The molecule has 4 rings (SSSR count). The van der Waals surface area contributed by atoms with Crippen molar-refractivity contribution in [3.05, 3.63) is 82.6 Å². The summed E-state index contributed by atoms with van der Waals surface area (Å²) in [6.07, 6.45) is 2.30. The predicted octanol–water partition coefficient (Wildman–Crippen LogP) is 4.68. The first kappa shape index (κ1) is 16.9. The Morgan fingerprint density at radius 3 is 2.62 bits per heavy atom. The SMILES string of the molecule is CN(Cc1cccc(Cl)c1)C(=O)c1cc(C2CC2)nn1-c1ccccc1. The number of carbonyl (C=O) groups is 1. The van der Waals surface area contributed by atoms with Gasteiger partial charge in [-0.15, -0.1) is 0 Å². The topological polar surface area (TPSA) is 38.1 Å². The molecule has 0 unspecified atom stereocenters. The summed E-state index contributed by atoms with van der Waals surface area (Å²) in [4.78, 5) is 14.8. The third kappa shape index (κ3) is 3.51. The molecule has 0 aliphatic heterocycles. The minimum Gasteiger partial charge on any atom is -0.336 e. The molecule has 0 atom stereocenters. The van der Waals surface area contributed by atoms with Crippen LogP contribution in [0.15, 0.2) is 60.7 Å². The maximum atomic E-state index is 13.1. The fraction of sp³-hybridized carbons (Fsp3) is 0.238. The van der Waals surface area contributed by atoms with E-state index in [1.54, 1.807) is 9.58 Å². The van der Waals surface area contributed by atoms with Gasteiger partial charge in [-0.05, 0) is 48.7 Å². The Balaban J connectivity index is 1.64. The van der Waals surface area contributed by atoms with Crippen LogP contribution in [0.4, 0.5) is 0 Å². The Labute approximate surface area is 158 Å². The van der Waals surface area contributed by atoms with Crippen molar-refractivity contribution in [2.45, 2.75) is 25.3 Å². The Morgan fingerprint density at radius 2 is 1.92 bits per heavy atom. The fourth-order valence-corrected chi connectivity index (χ4v) is 3.29. The van der Waals surface area contributed by atoms with Crippen LogP contribution in [0.2, 0.25) is 5.02 Å². The summed E-state index contributed by atoms with van der Waals surface area (Å²) in [5.41, 5.74) is 3.51. The lowest BCUT2D eigenvalue weighted by Crippen LogP contribution is -2.28. The maximum absolute atomic E-state index is 13.1. The summed E-state index contributed by atoms with van der Waals surface area (Å²) in [7, 11) is 1.81. The van der Waals surface area contributed by atoms with Crippen LogP contribution in [0.25, 0.3) is 5.69 Å². The number of nitrogens with zero attached hydrogens (tertiary/aromatic N) is 3. The van der Waals surface area contributed by atoms with E-state index in [1.165, 1.54) is 0 Å². The van der Waals surface area contributed by atoms with Crippen molar-refractivity contribution in [3.63, 3.8) is 0 Å². The summed E-state index contributed by atoms with van der Waals surface area (Å²) in [5, 5.41) is 5.39. The molecule has 26 heavy (non-hydrogen) atoms. The van der Waals surface area contributed by atoms with Gasteiger partial charge in [-0.2, -0.15) is 5.10 Å². The van der Waals surface area contributed by atoms with Crippen molar-refractivity contribution >= 4 is 17.5 Å².